The lowest BCUT2D eigenvalue weighted by Gasteiger charge is -2.20. The third-order valence-electron chi connectivity index (χ3n) is 4.80. The highest BCUT2D eigenvalue weighted by atomic mass is 35.5. The number of pyridine rings is 1. The molecule has 0 aliphatic carbocycles. The van der Waals surface area contributed by atoms with Crippen molar-refractivity contribution in [2.45, 2.75) is 20.4 Å². The highest BCUT2D eigenvalue weighted by Crippen LogP contribution is 2.32. The number of benzene rings is 2. The Balaban J connectivity index is 1.92. The van der Waals surface area contributed by atoms with E-state index in [0.29, 0.717) is 45.6 Å². The number of nitrogens with one attached hydrogen (secondary N) is 1. The average Bonchev–Trinajstić information content (AvgIpc) is 3.08. The molecule has 4 aromatic rings. The molecule has 0 aliphatic rings. The molecular weight excluding hydrogens is 441 g/mol. The van der Waals surface area contributed by atoms with Gasteiger partial charge in [0, 0.05) is 36.9 Å². The first-order chi connectivity index (χ1) is 14.8. The molecule has 0 saturated carbocycles. The van der Waals surface area contributed by atoms with Crippen LogP contribution >= 0.6 is 23.2 Å². The van der Waals surface area contributed by atoms with Crippen molar-refractivity contribution in [3.8, 4) is 11.3 Å². The number of oxazole rings is 1. The van der Waals surface area contributed by atoms with Gasteiger partial charge in [-0.3, -0.25) is 4.79 Å². The smallest absolute Gasteiger partial charge is 0.341 e. The topological polar surface area (TPSA) is 97.4 Å². The molecular formula is C22H17Cl2N3O4. The first-order valence-electron chi connectivity index (χ1n) is 9.39. The number of aromatic carboxylic acids is 1. The van der Waals surface area contributed by atoms with Crippen LogP contribution in [0.2, 0.25) is 10.0 Å². The maximum Gasteiger partial charge on any atom is 0.341 e. The summed E-state index contributed by atoms with van der Waals surface area (Å²) in [6.07, 6.45) is 0. The normalized spacial score (nSPS) is 11.1. The summed E-state index contributed by atoms with van der Waals surface area (Å²) < 4.78 is 7.28. The van der Waals surface area contributed by atoms with Crippen LogP contribution in [0.5, 0.6) is 0 Å². The number of carbonyl (C=O) groups is 1. The van der Waals surface area contributed by atoms with E-state index in [2.05, 4.69) is 10.3 Å². The fourth-order valence-electron chi connectivity index (χ4n) is 3.49. The number of carboxylic acids is 1. The molecule has 158 valence electrons. The lowest BCUT2D eigenvalue weighted by atomic mass is 10.0. The zero-order valence-corrected chi connectivity index (χ0v) is 18.1. The van der Waals surface area contributed by atoms with Gasteiger partial charge in [0.15, 0.2) is 16.9 Å². The van der Waals surface area contributed by atoms with Gasteiger partial charge in [0.25, 0.3) is 0 Å². The minimum Gasteiger partial charge on any atom is -0.477 e. The van der Waals surface area contributed by atoms with Crippen molar-refractivity contribution in [3.63, 3.8) is 0 Å². The average molecular weight is 458 g/mol. The van der Waals surface area contributed by atoms with Crippen molar-refractivity contribution in [2.75, 3.05) is 5.32 Å². The van der Waals surface area contributed by atoms with E-state index in [0.717, 1.165) is 0 Å². The maximum atomic E-state index is 12.8. The number of fused-ring (bicyclic) bond motifs is 1. The number of aromatic nitrogens is 2. The molecule has 7 nitrogen and oxygen atoms in total. The Bertz CT molecular complexity index is 1390. The lowest BCUT2D eigenvalue weighted by Crippen LogP contribution is -2.22. The predicted molar refractivity (Wildman–Crippen MR) is 121 cm³/mol. The number of halogens is 2. The highest BCUT2D eigenvalue weighted by Gasteiger charge is 2.22. The summed E-state index contributed by atoms with van der Waals surface area (Å²) >= 11 is 12.2. The largest absolute Gasteiger partial charge is 0.477 e. The van der Waals surface area contributed by atoms with Crippen LogP contribution in [0, 0.1) is 6.92 Å². The van der Waals surface area contributed by atoms with Crippen LogP contribution in [0.25, 0.3) is 22.4 Å². The third kappa shape index (κ3) is 3.89. The van der Waals surface area contributed by atoms with Gasteiger partial charge in [-0.15, -0.1) is 0 Å². The summed E-state index contributed by atoms with van der Waals surface area (Å²) in [5.74, 6) is -0.349. The van der Waals surface area contributed by atoms with E-state index in [4.69, 9.17) is 27.6 Å². The maximum absolute atomic E-state index is 12.8. The fraction of sp³-hybridized carbons (Fsp3) is 0.136. The Labute approximate surface area is 186 Å². The van der Waals surface area contributed by atoms with E-state index < -0.39 is 11.4 Å². The minimum atomic E-state index is -1.32. The summed E-state index contributed by atoms with van der Waals surface area (Å²) in [5.41, 5.74) is 1.71. The van der Waals surface area contributed by atoms with Crippen LogP contribution in [0.3, 0.4) is 0 Å². The molecule has 0 aliphatic heterocycles. The standard InChI is InChI=1S/C22H17Cl2N3O4/c1-3-27-19(26-13-5-7-16-18(9-13)31-11(2)25-16)10-17(28)20(22(29)30)21(27)12-4-6-14(23)15(24)8-12/h4-10,26H,3H2,1-2H3,(H,29,30). The number of carboxylic acid groups (broad SMARTS) is 1. The van der Waals surface area contributed by atoms with Gasteiger partial charge in [-0.05, 0) is 31.2 Å². The van der Waals surface area contributed by atoms with E-state index in [9.17, 15) is 14.7 Å². The van der Waals surface area contributed by atoms with Gasteiger partial charge in [0.2, 0.25) is 0 Å². The van der Waals surface area contributed by atoms with Gasteiger partial charge in [0.1, 0.15) is 16.9 Å². The van der Waals surface area contributed by atoms with Gasteiger partial charge >= 0.3 is 5.97 Å². The Hall–Kier alpha value is -3.29. The van der Waals surface area contributed by atoms with Crippen LogP contribution in [0.4, 0.5) is 11.5 Å². The molecule has 0 atom stereocenters. The van der Waals surface area contributed by atoms with Crippen LogP contribution in [-0.2, 0) is 6.54 Å². The summed E-state index contributed by atoms with van der Waals surface area (Å²) in [5, 5.41) is 13.5. The second-order valence-electron chi connectivity index (χ2n) is 6.84. The van der Waals surface area contributed by atoms with E-state index in [-0.39, 0.29) is 16.3 Å². The van der Waals surface area contributed by atoms with E-state index in [1.54, 1.807) is 47.9 Å². The summed E-state index contributed by atoms with van der Waals surface area (Å²) in [4.78, 5) is 29.0. The predicted octanol–water partition coefficient (Wildman–Crippen LogP) is 5.73. The number of anilines is 2. The van der Waals surface area contributed by atoms with Gasteiger partial charge in [0.05, 0.1) is 15.7 Å². The molecule has 0 spiro atoms. The Morgan fingerprint density at radius 3 is 2.61 bits per heavy atom. The van der Waals surface area contributed by atoms with Crippen molar-refractivity contribution in [1.29, 1.82) is 0 Å². The molecule has 0 saturated heterocycles. The van der Waals surface area contributed by atoms with Gasteiger partial charge in [-0.2, -0.15) is 0 Å². The second-order valence-corrected chi connectivity index (χ2v) is 7.65. The first kappa shape index (κ1) is 21.0. The van der Waals surface area contributed by atoms with Gasteiger partial charge in [-0.25, -0.2) is 9.78 Å². The van der Waals surface area contributed by atoms with Crippen molar-refractivity contribution in [2.24, 2.45) is 0 Å². The molecule has 2 heterocycles. The number of aryl methyl sites for hydroxylation is 1. The van der Waals surface area contributed by atoms with E-state index in [1.165, 1.54) is 6.07 Å². The second kappa shape index (κ2) is 8.09. The number of rotatable bonds is 5. The van der Waals surface area contributed by atoms with Crippen molar-refractivity contribution >= 4 is 51.8 Å². The summed E-state index contributed by atoms with van der Waals surface area (Å²) in [6.45, 7) is 4.00. The van der Waals surface area contributed by atoms with Gasteiger partial charge in [-0.1, -0.05) is 29.3 Å². The van der Waals surface area contributed by atoms with Crippen LogP contribution < -0.4 is 10.7 Å². The van der Waals surface area contributed by atoms with E-state index in [1.807, 2.05) is 6.92 Å². The zero-order valence-electron chi connectivity index (χ0n) is 16.6. The highest BCUT2D eigenvalue weighted by molar-refractivity contribution is 6.42. The monoisotopic (exact) mass is 457 g/mol. The number of hydrogen-bond acceptors (Lipinski definition) is 5. The van der Waals surface area contributed by atoms with Crippen molar-refractivity contribution in [3.05, 3.63) is 74.2 Å². The first-order valence-corrected chi connectivity index (χ1v) is 10.1. The number of hydrogen-bond donors (Lipinski definition) is 2. The summed E-state index contributed by atoms with van der Waals surface area (Å²) in [6, 6.07) is 11.4. The molecule has 9 heteroatoms. The van der Waals surface area contributed by atoms with Crippen LogP contribution in [0.1, 0.15) is 23.2 Å². The van der Waals surface area contributed by atoms with Crippen LogP contribution in [-0.4, -0.2) is 20.6 Å². The third-order valence-corrected chi connectivity index (χ3v) is 5.54. The molecule has 31 heavy (non-hydrogen) atoms. The minimum absolute atomic E-state index is 0.236. The molecule has 2 aromatic heterocycles. The Kier molecular flexibility index (Phi) is 5.47. The molecule has 0 amide bonds. The molecule has 0 fully saturated rings. The zero-order chi connectivity index (χ0) is 22.3. The molecule has 0 unspecified atom stereocenters. The number of nitrogens with zero attached hydrogens (tertiary/aromatic N) is 2. The molecule has 4 rings (SSSR count). The lowest BCUT2D eigenvalue weighted by molar-refractivity contribution is 0.0695. The Morgan fingerprint density at radius 1 is 1.16 bits per heavy atom. The molecule has 2 aromatic carbocycles. The van der Waals surface area contributed by atoms with Crippen LogP contribution in [0.15, 0.2) is 51.7 Å². The van der Waals surface area contributed by atoms with E-state index >= 15 is 0 Å². The summed E-state index contributed by atoms with van der Waals surface area (Å²) in [7, 11) is 0. The van der Waals surface area contributed by atoms with Gasteiger partial charge < -0.3 is 19.4 Å². The fourth-order valence-corrected chi connectivity index (χ4v) is 3.79. The van der Waals surface area contributed by atoms with Crippen molar-refractivity contribution < 1.29 is 14.3 Å². The molecule has 2 N–H and O–H groups in total. The quantitative estimate of drug-likeness (QED) is 0.396. The molecule has 0 bridgehead atoms. The van der Waals surface area contributed by atoms with Crippen molar-refractivity contribution in [1.82, 2.24) is 9.55 Å². The molecule has 0 radical (unpaired) electrons. The Morgan fingerprint density at radius 2 is 1.94 bits per heavy atom. The SMILES string of the molecule is CCn1c(Nc2ccc3nc(C)oc3c2)cc(=O)c(C(=O)O)c1-c1ccc(Cl)c(Cl)c1.